The summed E-state index contributed by atoms with van der Waals surface area (Å²) < 4.78 is 6.40. The molecule has 27 heavy (non-hydrogen) atoms. The van der Waals surface area contributed by atoms with Gasteiger partial charge < -0.3 is 19.8 Å². The van der Waals surface area contributed by atoms with Gasteiger partial charge in [-0.05, 0) is 50.4 Å². The summed E-state index contributed by atoms with van der Waals surface area (Å²) >= 11 is 0. The normalized spacial score (nSPS) is 33.8. The van der Waals surface area contributed by atoms with Gasteiger partial charge in [-0.3, -0.25) is 0 Å². The fraction of sp³-hybridized carbons (Fsp3) is 0.952. The molecule has 0 amide bonds. The fourth-order valence-corrected chi connectivity index (χ4v) is 5.43. The molecule has 0 aromatic heterocycles. The molecule has 3 fully saturated rings. The molecule has 2 saturated carbocycles. The highest BCUT2D eigenvalue weighted by atomic mass is 16.8. The zero-order valence-corrected chi connectivity index (χ0v) is 17.5. The molecule has 0 radical (unpaired) electrons. The average Bonchev–Trinajstić information content (AvgIpc) is 3.37. The lowest BCUT2D eigenvalue weighted by Crippen LogP contribution is -2.65. The lowest BCUT2D eigenvalue weighted by atomic mass is 9.63. The first-order chi connectivity index (χ1) is 12.5. The Bertz CT molecular complexity index is 547. The minimum absolute atomic E-state index is 0.239. The van der Waals surface area contributed by atoms with Gasteiger partial charge in [-0.15, -0.1) is 0 Å². The van der Waals surface area contributed by atoms with E-state index >= 15 is 0 Å². The molecule has 156 valence electrons. The van der Waals surface area contributed by atoms with E-state index < -0.39 is 29.6 Å². The molecule has 0 aromatic carbocycles. The maximum Gasteiger partial charge on any atom is 0.525 e. The van der Waals surface area contributed by atoms with Crippen LogP contribution in [0.5, 0.6) is 0 Å². The van der Waals surface area contributed by atoms with Crippen molar-refractivity contribution in [1.29, 1.82) is 0 Å². The van der Waals surface area contributed by atoms with E-state index in [1.807, 2.05) is 13.8 Å². The van der Waals surface area contributed by atoms with Crippen LogP contribution in [0.4, 0.5) is 4.79 Å². The summed E-state index contributed by atoms with van der Waals surface area (Å²) in [4.78, 5) is 17.0. The molecule has 1 aliphatic heterocycles. The van der Waals surface area contributed by atoms with Crippen LogP contribution in [0.15, 0.2) is 0 Å². The maximum atomic E-state index is 11.6. The van der Waals surface area contributed by atoms with E-state index in [9.17, 15) is 15.0 Å². The van der Waals surface area contributed by atoms with Crippen molar-refractivity contribution in [1.82, 2.24) is 5.06 Å². The molecule has 0 aromatic rings. The minimum atomic E-state index is -1.33. The molecular formula is C21H37NO5. The maximum absolute atomic E-state index is 11.6. The third kappa shape index (κ3) is 3.85. The number of carboxylic acid groups (broad SMARTS) is 1. The Morgan fingerprint density at radius 3 is 2.26 bits per heavy atom. The highest BCUT2D eigenvalue weighted by Gasteiger charge is 2.68. The molecule has 1 heterocycles. The molecular weight excluding hydrogens is 346 g/mol. The molecule has 3 rings (SSSR count). The van der Waals surface area contributed by atoms with Gasteiger partial charge in [-0.25, -0.2) is 4.79 Å². The van der Waals surface area contributed by atoms with Crippen LogP contribution in [0.25, 0.3) is 0 Å². The van der Waals surface area contributed by atoms with E-state index in [1.165, 1.54) is 19.3 Å². The van der Waals surface area contributed by atoms with Crippen LogP contribution in [0.3, 0.4) is 0 Å². The van der Waals surface area contributed by atoms with Crippen LogP contribution >= 0.6 is 0 Å². The van der Waals surface area contributed by atoms with Crippen molar-refractivity contribution in [3.8, 4) is 0 Å². The van der Waals surface area contributed by atoms with Gasteiger partial charge in [-0.2, -0.15) is 0 Å². The van der Waals surface area contributed by atoms with Gasteiger partial charge >= 0.3 is 6.16 Å². The Hall–Kier alpha value is -0.850. The summed E-state index contributed by atoms with van der Waals surface area (Å²) in [7, 11) is 0. The van der Waals surface area contributed by atoms with Gasteiger partial charge in [0.15, 0.2) is 0 Å². The number of rotatable bonds is 5. The molecule has 3 aliphatic rings. The van der Waals surface area contributed by atoms with Crippen molar-refractivity contribution in [2.45, 2.75) is 109 Å². The first-order valence-electron chi connectivity index (χ1n) is 10.6. The van der Waals surface area contributed by atoms with Crippen LogP contribution in [0.1, 0.15) is 86.0 Å². The SMILES string of the molecule is CC1(C)O[C@@H]([C@H](O)C2CC2)[C@@](CC2CCCCC2)(C(C)(C)C)N1OC(=O)O. The van der Waals surface area contributed by atoms with Crippen LogP contribution in [-0.4, -0.2) is 44.9 Å². The highest BCUT2D eigenvalue weighted by molar-refractivity contribution is 5.56. The largest absolute Gasteiger partial charge is 0.525 e. The number of hydrogen-bond acceptors (Lipinski definition) is 5. The van der Waals surface area contributed by atoms with Gasteiger partial charge in [0.1, 0.15) is 11.8 Å². The average molecular weight is 384 g/mol. The second-order valence-electron chi connectivity index (χ2n) is 10.3. The number of carbonyl (C=O) groups is 1. The van der Waals surface area contributed by atoms with Crippen molar-refractivity contribution in [2.75, 3.05) is 0 Å². The summed E-state index contributed by atoms with van der Waals surface area (Å²) in [5.41, 5.74) is -1.98. The van der Waals surface area contributed by atoms with Crippen molar-refractivity contribution < 1.29 is 24.6 Å². The number of aliphatic hydroxyl groups is 1. The molecule has 6 heteroatoms. The van der Waals surface area contributed by atoms with Gasteiger partial charge in [-0.1, -0.05) is 57.9 Å². The van der Waals surface area contributed by atoms with Gasteiger partial charge in [0.05, 0.1) is 11.6 Å². The van der Waals surface area contributed by atoms with Crippen molar-refractivity contribution >= 4 is 6.16 Å². The van der Waals surface area contributed by atoms with Crippen LogP contribution in [0.2, 0.25) is 0 Å². The van der Waals surface area contributed by atoms with Gasteiger partial charge in [0.25, 0.3) is 0 Å². The predicted octanol–water partition coefficient (Wildman–Crippen LogP) is 4.56. The smallest absolute Gasteiger partial charge is 0.448 e. The first kappa shape index (κ1) is 20.9. The Balaban J connectivity index is 2.05. The number of hydroxylamine groups is 2. The van der Waals surface area contributed by atoms with Crippen molar-refractivity contribution in [3.63, 3.8) is 0 Å². The van der Waals surface area contributed by atoms with E-state index in [4.69, 9.17) is 9.57 Å². The quantitative estimate of drug-likeness (QED) is 0.724. The molecule has 2 aliphatic carbocycles. The fourth-order valence-electron chi connectivity index (χ4n) is 5.43. The number of aliphatic hydroxyl groups excluding tert-OH is 1. The summed E-state index contributed by atoms with van der Waals surface area (Å²) in [5, 5.41) is 22.2. The van der Waals surface area contributed by atoms with Crippen LogP contribution in [-0.2, 0) is 9.57 Å². The van der Waals surface area contributed by atoms with Gasteiger partial charge in [0, 0.05) is 0 Å². The molecule has 0 spiro atoms. The minimum Gasteiger partial charge on any atom is -0.448 e. The van der Waals surface area contributed by atoms with E-state index in [0.29, 0.717) is 5.92 Å². The Labute approximate surface area is 163 Å². The predicted molar refractivity (Wildman–Crippen MR) is 102 cm³/mol. The van der Waals surface area contributed by atoms with Crippen molar-refractivity contribution in [3.05, 3.63) is 0 Å². The summed E-state index contributed by atoms with van der Waals surface area (Å²) in [6.45, 7) is 10.0. The zero-order chi connectivity index (χ0) is 20.0. The lowest BCUT2D eigenvalue weighted by molar-refractivity contribution is -0.265. The van der Waals surface area contributed by atoms with E-state index in [1.54, 1.807) is 5.06 Å². The zero-order valence-electron chi connectivity index (χ0n) is 17.5. The molecule has 0 unspecified atom stereocenters. The second-order valence-corrected chi connectivity index (χ2v) is 10.3. The third-order valence-corrected chi connectivity index (χ3v) is 6.95. The first-order valence-corrected chi connectivity index (χ1v) is 10.6. The Morgan fingerprint density at radius 1 is 1.19 bits per heavy atom. The molecule has 2 N–H and O–H groups in total. The van der Waals surface area contributed by atoms with E-state index in [0.717, 1.165) is 32.1 Å². The number of hydrogen-bond donors (Lipinski definition) is 2. The molecule has 0 bridgehead atoms. The van der Waals surface area contributed by atoms with Crippen LogP contribution in [0, 0.1) is 17.3 Å². The van der Waals surface area contributed by atoms with E-state index in [2.05, 4.69) is 20.8 Å². The molecule has 6 nitrogen and oxygen atoms in total. The van der Waals surface area contributed by atoms with Crippen LogP contribution < -0.4 is 0 Å². The number of nitrogens with zero attached hydrogens (tertiary/aromatic N) is 1. The standard InChI is InChI=1S/C21H37NO5/c1-19(2,3)21(13-14-9-7-6-8-10-14)17(16(23)15-11-12-15)26-20(4,5)22(21)27-18(24)25/h14-17,23H,6-13H2,1-5H3,(H,24,25)/t16-,17+,21+/m1/s1. The van der Waals surface area contributed by atoms with Crippen molar-refractivity contribution in [2.24, 2.45) is 17.3 Å². The highest BCUT2D eigenvalue weighted by Crippen LogP contribution is 2.56. The summed E-state index contributed by atoms with van der Waals surface area (Å²) in [6, 6.07) is 0. The Kier molecular flexibility index (Phi) is 5.56. The molecule has 1 saturated heterocycles. The summed E-state index contributed by atoms with van der Waals surface area (Å²) in [6.07, 6.45) is 6.37. The van der Waals surface area contributed by atoms with E-state index in [-0.39, 0.29) is 11.3 Å². The summed E-state index contributed by atoms with van der Waals surface area (Å²) in [5.74, 6) is 0.730. The Morgan fingerprint density at radius 2 is 1.78 bits per heavy atom. The van der Waals surface area contributed by atoms with Gasteiger partial charge in [0.2, 0.25) is 0 Å². The monoisotopic (exact) mass is 383 g/mol. The lowest BCUT2D eigenvalue weighted by Gasteiger charge is -2.51. The second kappa shape index (κ2) is 7.20. The topological polar surface area (TPSA) is 79.2 Å². The number of ether oxygens (including phenoxy) is 1. The molecule has 3 atom stereocenters. The third-order valence-electron chi connectivity index (χ3n) is 6.95.